The highest BCUT2D eigenvalue weighted by Gasteiger charge is 2.11. The van der Waals surface area contributed by atoms with Crippen molar-refractivity contribution >= 4 is 17.1 Å². The molecule has 0 aromatic rings. The second-order valence-corrected chi connectivity index (χ2v) is 3.01. The van der Waals surface area contributed by atoms with Crippen LogP contribution in [0.5, 0.6) is 0 Å². The van der Waals surface area contributed by atoms with Gasteiger partial charge in [0.15, 0.2) is 0 Å². The van der Waals surface area contributed by atoms with Crippen molar-refractivity contribution in [2.24, 2.45) is 5.92 Å². The molecule has 0 amide bonds. The molecule has 2 rings (SSSR count). The van der Waals surface area contributed by atoms with Crippen LogP contribution in [0.1, 0.15) is 0 Å². The summed E-state index contributed by atoms with van der Waals surface area (Å²) in [5, 5.41) is 0. The number of hydrogen-bond donors (Lipinski definition) is 0. The van der Waals surface area contributed by atoms with Crippen molar-refractivity contribution in [1.29, 1.82) is 0 Å². The first-order valence-electron chi connectivity index (χ1n) is 3.57. The fourth-order valence-electron chi connectivity index (χ4n) is 1.23. The number of rotatable bonds is 0. The van der Waals surface area contributed by atoms with E-state index in [9.17, 15) is 0 Å². The second-order valence-electron chi connectivity index (χ2n) is 2.57. The van der Waals surface area contributed by atoms with Crippen LogP contribution in [-0.2, 0) is 0 Å². The third-order valence-electron chi connectivity index (χ3n) is 1.79. The zero-order valence-electron chi connectivity index (χ0n) is 5.95. The number of thiocarbonyl (C=S) groups is 1. The van der Waals surface area contributed by atoms with Gasteiger partial charge in [-0.1, -0.05) is 42.6 Å². The van der Waals surface area contributed by atoms with Crippen molar-refractivity contribution in [3.8, 4) is 0 Å². The molecule has 0 aromatic heterocycles. The molecule has 0 bridgehead atoms. The lowest BCUT2D eigenvalue weighted by Gasteiger charge is -2.15. The summed E-state index contributed by atoms with van der Waals surface area (Å²) in [7, 11) is 0. The van der Waals surface area contributed by atoms with Gasteiger partial charge >= 0.3 is 0 Å². The van der Waals surface area contributed by atoms with Gasteiger partial charge in [-0.15, -0.1) is 0 Å². The van der Waals surface area contributed by atoms with Crippen LogP contribution in [0.4, 0.5) is 0 Å². The minimum absolute atomic E-state index is 0.409. The minimum Gasteiger partial charge on any atom is -0.0794 e. The quantitative estimate of drug-likeness (QED) is 0.489. The molecule has 1 heteroatoms. The molecule has 0 saturated carbocycles. The first-order valence-corrected chi connectivity index (χ1v) is 3.98. The fourth-order valence-corrected chi connectivity index (χ4v) is 1.42. The van der Waals surface area contributed by atoms with Gasteiger partial charge < -0.3 is 0 Å². The predicted molar refractivity (Wildman–Crippen MR) is 50.3 cm³/mol. The summed E-state index contributed by atoms with van der Waals surface area (Å²) in [6.45, 7) is 0. The van der Waals surface area contributed by atoms with E-state index >= 15 is 0 Å². The third-order valence-corrected chi connectivity index (χ3v) is 2.03. The van der Waals surface area contributed by atoms with Gasteiger partial charge in [-0.25, -0.2) is 0 Å². The van der Waals surface area contributed by atoms with Crippen LogP contribution < -0.4 is 0 Å². The highest BCUT2D eigenvalue weighted by atomic mass is 32.1. The average Bonchev–Trinajstić information content (AvgIpc) is 2.04. The smallest absolute Gasteiger partial charge is 0.0456 e. The lowest BCUT2D eigenvalue weighted by atomic mass is 9.90. The maximum absolute atomic E-state index is 5.00. The van der Waals surface area contributed by atoms with Gasteiger partial charge in [-0.05, 0) is 11.6 Å². The molecule has 0 aliphatic heterocycles. The molecule has 2 aliphatic carbocycles. The maximum atomic E-state index is 5.00. The zero-order chi connectivity index (χ0) is 7.68. The van der Waals surface area contributed by atoms with Gasteiger partial charge in [-0.3, -0.25) is 0 Å². The number of fused-ring (bicyclic) bond motifs is 1. The summed E-state index contributed by atoms with van der Waals surface area (Å²) in [6.07, 6.45) is 15.4. The van der Waals surface area contributed by atoms with Crippen LogP contribution in [0.3, 0.4) is 0 Å². The maximum Gasteiger partial charge on any atom is 0.0456 e. The lowest BCUT2D eigenvalue weighted by molar-refractivity contribution is 0.986. The molecule has 11 heavy (non-hydrogen) atoms. The first-order chi connectivity index (χ1) is 5.36. The highest BCUT2D eigenvalue weighted by molar-refractivity contribution is 7.81. The SMILES string of the molecule is S=C1[C]=C2C=CC=CC2C=C1. The summed E-state index contributed by atoms with van der Waals surface area (Å²) in [6, 6.07) is 0. The molecule has 1 unspecified atom stereocenters. The van der Waals surface area contributed by atoms with Gasteiger partial charge in [-0.2, -0.15) is 0 Å². The van der Waals surface area contributed by atoms with Crippen molar-refractivity contribution in [3.63, 3.8) is 0 Å². The largest absolute Gasteiger partial charge is 0.0794 e. The van der Waals surface area contributed by atoms with E-state index in [-0.39, 0.29) is 0 Å². The number of allylic oxidation sites excluding steroid dienone is 8. The fraction of sp³-hybridized carbons (Fsp3) is 0.100. The van der Waals surface area contributed by atoms with Gasteiger partial charge in [0, 0.05) is 16.9 Å². The Morgan fingerprint density at radius 2 is 2.09 bits per heavy atom. The summed E-state index contributed by atoms with van der Waals surface area (Å²) in [5.74, 6) is 0.409. The molecule has 0 spiro atoms. The Kier molecular flexibility index (Phi) is 1.59. The van der Waals surface area contributed by atoms with Crippen molar-refractivity contribution in [3.05, 3.63) is 48.1 Å². The van der Waals surface area contributed by atoms with Crippen LogP contribution >= 0.6 is 12.2 Å². The summed E-state index contributed by atoms with van der Waals surface area (Å²) < 4.78 is 0. The Morgan fingerprint density at radius 3 is 3.00 bits per heavy atom. The number of hydrogen-bond acceptors (Lipinski definition) is 1. The van der Waals surface area contributed by atoms with Gasteiger partial charge in [0.05, 0.1) is 0 Å². The molecule has 0 aromatic carbocycles. The predicted octanol–water partition coefficient (Wildman–Crippen LogP) is 2.40. The molecule has 1 radical (unpaired) electrons. The van der Waals surface area contributed by atoms with Crippen molar-refractivity contribution in [1.82, 2.24) is 0 Å². The van der Waals surface area contributed by atoms with E-state index in [1.165, 1.54) is 5.57 Å². The molecule has 0 fully saturated rings. The molecule has 53 valence electrons. The Bertz CT molecular complexity index is 303. The molecule has 0 nitrogen and oxygen atoms in total. The molecule has 0 saturated heterocycles. The Hall–Kier alpha value is -0.950. The zero-order valence-corrected chi connectivity index (χ0v) is 6.77. The van der Waals surface area contributed by atoms with Crippen LogP contribution in [0.15, 0.2) is 42.0 Å². The van der Waals surface area contributed by atoms with Crippen molar-refractivity contribution < 1.29 is 0 Å². The van der Waals surface area contributed by atoms with Gasteiger partial charge in [0.1, 0.15) is 0 Å². The van der Waals surface area contributed by atoms with Crippen LogP contribution in [0.25, 0.3) is 0 Å². The summed E-state index contributed by atoms with van der Waals surface area (Å²) in [4.78, 5) is 0.802. The molecular weight excluding hydrogens is 152 g/mol. The molecule has 0 heterocycles. The van der Waals surface area contributed by atoms with Crippen molar-refractivity contribution in [2.75, 3.05) is 0 Å². The van der Waals surface area contributed by atoms with E-state index in [0.717, 1.165) is 4.86 Å². The van der Waals surface area contributed by atoms with Crippen molar-refractivity contribution in [2.45, 2.75) is 0 Å². The Labute approximate surface area is 71.6 Å². The minimum atomic E-state index is 0.409. The van der Waals surface area contributed by atoms with Gasteiger partial charge in [0.25, 0.3) is 0 Å². The second kappa shape index (κ2) is 2.59. The van der Waals surface area contributed by atoms with E-state index in [4.69, 9.17) is 12.2 Å². The average molecular weight is 159 g/mol. The molecule has 1 atom stereocenters. The van der Waals surface area contributed by atoms with Crippen LogP contribution in [-0.4, -0.2) is 4.86 Å². The van der Waals surface area contributed by atoms with E-state index < -0.39 is 0 Å². The summed E-state index contributed by atoms with van der Waals surface area (Å²) in [5.41, 5.74) is 1.18. The van der Waals surface area contributed by atoms with E-state index in [2.05, 4.69) is 30.4 Å². The van der Waals surface area contributed by atoms with E-state index in [1.807, 2.05) is 12.2 Å². The van der Waals surface area contributed by atoms with E-state index in [1.54, 1.807) is 0 Å². The first kappa shape index (κ1) is 6.74. The van der Waals surface area contributed by atoms with Gasteiger partial charge in [0.2, 0.25) is 0 Å². The highest BCUT2D eigenvalue weighted by Crippen LogP contribution is 2.22. The Morgan fingerprint density at radius 1 is 1.18 bits per heavy atom. The lowest BCUT2D eigenvalue weighted by Crippen LogP contribution is -2.05. The molecule has 0 N–H and O–H groups in total. The molecule has 2 aliphatic rings. The van der Waals surface area contributed by atoms with Crippen LogP contribution in [0.2, 0.25) is 0 Å². The normalized spacial score (nSPS) is 26.7. The van der Waals surface area contributed by atoms with Crippen LogP contribution in [0, 0.1) is 12.0 Å². The third kappa shape index (κ3) is 1.24. The monoisotopic (exact) mass is 159 g/mol. The summed E-state index contributed by atoms with van der Waals surface area (Å²) >= 11 is 5.00. The molecular formula is C10H7S. The van der Waals surface area contributed by atoms with E-state index in [0.29, 0.717) is 5.92 Å². The standard InChI is InChI=1S/C10H7S/c11-10-6-5-8-3-1-2-4-9(8)7-10/h1-6,8H. The Balaban J connectivity index is 2.39. The topological polar surface area (TPSA) is 0 Å².